The number of hydrogen-bond donors (Lipinski definition) is 1. The quantitative estimate of drug-likeness (QED) is 0.862. The molecule has 1 atom stereocenters. The molecule has 0 aliphatic rings. The summed E-state index contributed by atoms with van der Waals surface area (Å²) >= 11 is 5.52. The summed E-state index contributed by atoms with van der Waals surface area (Å²) in [6, 6.07) is 2.78. The van der Waals surface area contributed by atoms with E-state index in [0.29, 0.717) is 0 Å². The van der Waals surface area contributed by atoms with E-state index in [9.17, 15) is 22.0 Å². The van der Waals surface area contributed by atoms with Crippen molar-refractivity contribution in [3.63, 3.8) is 0 Å². The van der Waals surface area contributed by atoms with Crippen LogP contribution in [0.5, 0.6) is 5.75 Å². The van der Waals surface area contributed by atoms with Crippen LogP contribution < -0.4 is 10.5 Å². The van der Waals surface area contributed by atoms with Gasteiger partial charge in [-0.15, -0.1) is 13.2 Å². The fourth-order valence-corrected chi connectivity index (χ4v) is 1.39. The van der Waals surface area contributed by atoms with Crippen LogP contribution in [-0.2, 0) is 5.54 Å². The lowest BCUT2D eigenvalue weighted by Crippen LogP contribution is -2.40. The summed E-state index contributed by atoms with van der Waals surface area (Å²) in [7, 11) is 0. The first-order valence-corrected chi connectivity index (χ1v) is 5.04. The van der Waals surface area contributed by atoms with Crippen LogP contribution in [0.3, 0.4) is 0 Å². The van der Waals surface area contributed by atoms with Gasteiger partial charge in [0.25, 0.3) is 6.43 Å². The first kappa shape index (κ1) is 15.0. The number of halogens is 6. The van der Waals surface area contributed by atoms with Crippen molar-refractivity contribution in [2.24, 2.45) is 5.73 Å². The van der Waals surface area contributed by atoms with Crippen LogP contribution >= 0.6 is 11.6 Å². The molecule has 1 aromatic carbocycles. The average Bonchev–Trinajstić information content (AvgIpc) is 2.18. The number of ether oxygens (including phenoxy) is 1. The first-order valence-electron chi connectivity index (χ1n) is 4.67. The summed E-state index contributed by atoms with van der Waals surface area (Å²) in [6.45, 7) is 1.05. The molecule has 1 unspecified atom stereocenters. The monoisotopic (exact) mass is 289 g/mol. The standard InChI is InChI=1S/C10H9ClF5NO/c1-9(17,8(12)13)5-2-3-7(6(11)4-5)18-10(14,15)16/h2-4,8H,17H2,1H3. The van der Waals surface area contributed by atoms with Crippen molar-refractivity contribution in [2.75, 3.05) is 0 Å². The lowest BCUT2D eigenvalue weighted by Gasteiger charge is -2.24. The number of benzene rings is 1. The minimum atomic E-state index is -4.90. The molecule has 8 heteroatoms. The maximum Gasteiger partial charge on any atom is 0.573 e. The molecule has 2 N–H and O–H groups in total. The Morgan fingerprint density at radius 3 is 2.22 bits per heavy atom. The molecule has 0 aromatic heterocycles. The third-order valence-electron chi connectivity index (χ3n) is 2.23. The van der Waals surface area contributed by atoms with E-state index >= 15 is 0 Å². The van der Waals surface area contributed by atoms with Crippen LogP contribution in [0.25, 0.3) is 0 Å². The highest BCUT2D eigenvalue weighted by atomic mass is 35.5. The van der Waals surface area contributed by atoms with E-state index in [0.717, 1.165) is 25.1 Å². The van der Waals surface area contributed by atoms with Gasteiger partial charge in [0, 0.05) is 0 Å². The Balaban J connectivity index is 3.07. The molecular formula is C10H9ClF5NO. The number of alkyl halides is 5. The van der Waals surface area contributed by atoms with Crippen molar-refractivity contribution in [3.05, 3.63) is 28.8 Å². The predicted octanol–water partition coefficient (Wildman–Crippen LogP) is 3.68. The van der Waals surface area contributed by atoms with Gasteiger partial charge >= 0.3 is 6.36 Å². The predicted molar refractivity (Wildman–Crippen MR) is 55.7 cm³/mol. The van der Waals surface area contributed by atoms with Gasteiger partial charge in [-0.3, -0.25) is 0 Å². The van der Waals surface area contributed by atoms with E-state index in [-0.39, 0.29) is 5.56 Å². The van der Waals surface area contributed by atoms with E-state index in [2.05, 4.69) is 4.74 Å². The summed E-state index contributed by atoms with van der Waals surface area (Å²) in [5, 5.41) is -0.442. The smallest absolute Gasteiger partial charge is 0.404 e. The Morgan fingerprint density at radius 2 is 1.83 bits per heavy atom. The molecule has 1 aromatic rings. The summed E-state index contributed by atoms with van der Waals surface area (Å²) in [5.74, 6) is -0.669. The number of hydrogen-bond acceptors (Lipinski definition) is 2. The molecule has 18 heavy (non-hydrogen) atoms. The lowest BCUT2D eigenvalue weighted by atomic mass is 9.94. The minimum absolute atomic E-state index is 0.0861. The fraction of sp³-hybridized carbons (Fsp3) is 0.400. The molecule has 0 aliphatic heterocycles. The molecule has 0 radical (unpaired) electrons. The van der Waals surface area contributed by atoms with E-state index < -0.39 is 29.1 Å². The van der Waals surface area contributed by atoms with Crippen LogP contribution in [0.1, 0.15) is 12.5 Å². The van der Waals surface area contributed by atoms with Crippen molar-refractivity contribution >= 4 is 11.6 Å². The van der Waals surface area contributed by atoms with Gasteiger partial charge in [0.2, 0.25) is 0 Å². The highest BCUT2D eigenvalue weighted by molar-refractivity contribution is 6.32. The first-order chi connectivity index (χ1) is 8.04. The average molecular weight is 290 g/mol. The van der Waals surface area contributed by atoms with E-state index in [1.165, 1.54) is 0 Å². The van der Waals surface area contributed by atoms with Crippen LogP contribution in [0.15, 0.2) is 18.2 Å². The van der Waals surface area contributed by atoms with Crippen molar-refractivity contribution < 1.29 is 26.7 Å². The molecule has 0 saturated heterocycles. The molecule has 0 saturated carbocycles. The molecule has 0 spiro atoms. The second-order valence-electron chi connectivity index (χ2n) is 3.78. The maximum absolute atomic E-state index is 12.6. The van der Waals surface area contributed by atoms with Gasteiger partial charge in [-0.2, -0.15) is 0 Å². The van der Waals surface area contributed by atoms with Gasteiger partial charge in [-0.1, -0.05) is 17.7 Å². The van der Waals surface area contributed by atoms with Crippen LogP contribution in [-0.4, -0.2) is 12.8 Å². The molecular weight excluding hydrogens is 281 g/mol. The maximum atomic E-state index is 12.6. The Labute approximate surface area is 104 Å². The van der Waals surface area contributed by atoms with E-state index in [1.807, 2.05) is 0 Å². The van der Waals surface area contributed by atoms with Crippen molar-refractivity contribution in [1.82, 2.24) is 0 Å². The van der Waals surface area contributed by atoms with Crippen molar-refractivity contribution in [3.8, 4) is 5.75 Å². The molecule has 1 rings (SSSR count). The second-order valence-corrected chi connectivity index (χ2v) is 4.18. The van der Waals surface area contributed by atoms with Gasteiger partial charge in [-0.25, -0.2) is 8.78 Å². The van der Waals surface area contributed by atoms with Gasteiger partial charge < -0.3 is 10.5 Å². The van der Waals surface area contributed by atoms with E-state index in [1.54, 1.807) is 0 Å². The molecule has 0 heterocycles. The zero-order valence-electron chi connectivity index (χ0n) is 9.06. The zero-order chi connectivity index (χ0) is 14.1. The number of nitrogens with two attached hydrogens (primary N) is 1. The highest BCUT2D eigenvalue weighted by Crippen LogP contribution is 2.34. The fourth-order valence-electron chi connectivity index (χ4n) is 1.17. The lowest BCUT2D eigenvalue weighted by molar-refractivity contribution is -0.274. The third kappa shape index (κ3) is 3.46. The molecule has 102 valence electrons. The molecule has 0 fully saturated rings. The SMILES string of the molecule is CC(N)(c1ccc(OC(F)(F)F)c(Cl)c1)C(F)F. The van der Waals surface area contributed by atoms with Crippen LogP contribution in [0.4, 0.5) is 22.0 Å². The largest absolute Gasteiger partial charge is 0.573 e. The Hall–Kier alpha value is -1.08. The van der Waals surface area contributed by atoms with Gasteiger partial charge in [-0.05, 0) is 24.6 Å². The zero-order valence-corrected chi connectivity index (χ0v) is 9.82. The molecule has 2 nitrogen and oxygen atoms in total. The Kier molecular flexibility index (Phi) is 4.07. The summed E-state index contributed by atoms with van der Waals surface area (Å²) in [6.07, 6.45) is -7.79. The van der Waals surface area contributed by atoms with Gasteiger partial charge in [0.05, 0.1) is 10.6 Å². The highest BCUT2D eigenvalue weighted by Gasteiger charge is 2.35. The van der Waals surface area contributed by atoms with Crippen LogP contribution in [0, 0.1) is 0 Å². The Bertz CT molecular complexity index is 433. The number of rotatable bonds is 3. The van der Waals surface area contributed by atoms with Crippen molar-refractivity contribution in [2.45, 2.75) is 25.3 Å². The summed E-state index contributed by atoms with van der Waals surface area (Å²) in [5.41, 5.74) is 3.27. The summed E-state index contributed by atoms with van der Waals surface area (Å²) in [4.78, 5) is 0. The Morgan fingerprint density at radius 1 is 1.28 bits per heavy atom. The summed E-state index contributed by atoms with van der Waals surface area (Å²) < 4.78 is 64.7. The molecule has 0 aliphatic carbocycles. The topological polar surface area (TPSA) is 35.2 Å². The minimum Gasteiger partial charge on any atom is -0.404 e. The van der Waals surface area contributed by atoms with Gasteiger partial charge in [0.15, 0.2) is 0 Å². The van der Waals surface area contributed by atoms with Crippen molar-refractivity contribution in [1.29, 1.82) is 0 Å². The third-order valence-corrected chi connectivity index (χ3v) is 2.53. The normalized spacial score (nSPS) is 15.6. The molecule has 0 amide bonds. The van der Waals surface area contributed by atoms with E-state index in [4.69, 9.17) is 17.3 Å². The van der Waals surface area contributed by atoms with Gasteiger partial charge in [0.1, 0.15) is 5.75 Å². The molecule has 0 bridgehead atoms. The second kappa shape index (κ2) is 4.89. The van der Waals surface area contributed by atoms with Crippen LogP contribution in [0.2, 0.25) is 5.02 Å².